The summed E-state index contributed by atoms with van der Waals surface area (Å²) in [6.45, 7) is 4.76. The molecule has 0 bridgehead atoms. The molecule has 134 valence electrons. The molecule has 2 aromatic rings. The fourth-order valence-corrected chi connectivity index (χ4v) is 3.27. The Morgan fingerprint density at radius 3 is 2.84 bits per heavy atom. The summed E-state index contributed by atoms with van der Waals surface area (Å²) < 4.78 is 19.2. The maximum atomic E-state index is 13.8. The van der Waals surface area contributed by atoms with Crippen molar-refractivity contribution in [3.8, 4) is 0 Å². The standard InChI is InChI=1S/C19H23ClFN3O/c20-17-6-1-7-18(21)16(17)5-3-8-22-14-15-4-2-9-23-19(15)24-10-12-25-13-11-24/h1-2,4,6-7,9,22H,3,5,8,10-14H2. The van der Waals surface area contributed by atoms with E-state index < -0.39 is 0 Å². The molecule has 0 unspecified atom stereocenters. The first-order valence-corrected chi connectivity index (χ1v) is 9.03. The third-order valence-electron chi connectivity index (χ3n) is 4.34. The molecule has 0 radical (unpaired) electrons. The van der Waals surface area contributed by atoms with Crippen molar-refractivity contribution >= 4 is 17.4 Å². The summed E-state index contributed by atoms with van der Waals surface area (Å²) in [5, 5.41) is 3.93. The van der Waals surface area contributed by atoms with Crippen LogP contribution in [-0.4, -0.2) is 37.8 Å². The number of halogens is 2. The number of pyridine rings is 1. The zero-order chi connectivity index (χ0) is 17.5. The molecule has 2 heterocycles. The van der Waals surface area contributed by atoms with Gasteiger partial charge < -0.3 is 15.0 Å². The lowest BCUT2D eigenvalue weighted by Gasteiger charge is -2.29. The van der Waals surface area contributed by atoms with Crippen molar-refractivity contribution in [2.24, 2.45) is 0 Å². The van der Waals surface area contributed by atoms with Crippen molar-refractivity contribution in [3.63, 3.8) is 0 Å². The Balaban J connectivity index is 1.49. The van der Waals surface area contributed by atoms with E-state index in [1.165, 1.54) is 11.6 Å². The molecule has 4 nitrogen and oxygen atoms in total. The third kappa shape index (κ3) is 4.91. The van der Waals surface area contributed by atoms with Gasteiger partial charge in [0.2, 0.25) is 0 Å². The van der Waals surface area contributed by atoms with Crippen LogP contribution in [-0.2, 0) is 17.7 Å². The number of anilines is 1. The Morgan fingerprint density at radius 1 is 1.20 bits per heavy atom. The number of morpholine rings is 1. The lowest BCUT2D eigenvalue weighted by Crippen LogP contribution is -2.37. The maximum absolute atomic E-state index is 13.8. The SMILES string of the molecule is Fc1cccc(Cl)c1CCCNCc1cccnc1N1CCOCC1. The number of nitrogens with zero attached hydrogens (tertiary/aromatic N) is 2. The van der Waals surface area contributed by atoms with Crippen LogP contribution in [0, 0.1) is 5.82 Å². The van der Waals surface area contributed by atoms with Crippen molar-refractivity contribution in [1.29, 1.82) is 0 Å². The molecule has 1 fully saturated rings. The van der Waals surface area contributed by atoms with Gasteiger partial charge in [-0.15, -0.1) is 0 Å². The Bertz CT molecular complexity index is 672. The summed E-state index contributed by atoms with van der Waals surface area (Å²) >= 11 is 6.06. The van der Waals surface area contributed by atoms with E-state index in [0.717, 1.165) is 51.6 Å². The molecule has 1 saturated heterocycles. The molecule has 1 aliphatic rings. The van der Waals surface area contributed by atoms with Crippen LogP contribution in [0.15, 0.2) is 36.5 Å². The summed E-state index contributed by atoms with van der Waals surface area (Å²) in [7, 11) is 0. The minimum atomic E-state index is -0.227. The van der Waals surface area contributed by atoms with Crippen LogP contribution < -0.4 is 10.2 Å². The molecule has 1 aliphatic heterocycles. The molecule has 0 spiro atoms. The molecule has 25 heavy (non-hydrogen) atoms. The van der Waals surface area contributed by atoms with Gasteiger partial charge in [0, 0.05) is 42.0 Å². The number of nitrogens with one attached hydrogen (secondary N) is 1. The van der Waals surface area contributed by atoms with Gasteiger partial charge in [-0.2, -0.15) is 0 Å². The molecule has 1 aromatic heterocycles. The first-order valence-electron chi connectivity index (χ1n) is 8.66. The van der Waals surface area contributed by atoms with Crippen LogP contribution in [0.3, 0.4) is 0 Å². The number of hydrogen-bond donors (Lipinski definition) is 1. The summed E-state index contributed by atoms with van der Waals surface area (Å²) in [6.07, 6.45) is 3.28. The molecule has 1 N–H and O–H groups in total. The predicted octanol–water partition coefficient (Wildman–Crippen LogP) is 3.43. The van der Waals surface area contributed by atoms with Gasteiger partial charge in [0.1, 0.15) is 11.6 Å². The van der Waals surface area contributed by atoms with Crippen LogP contribution in [0.4, 0.5) is 10.2 Å². The number of hydrogen-bond acceptors (Lipinski definition) is 4. The van der Waals surface area contributed by atoms with Crippen molar-refractivity contribution < 1.29 is 9.13 Å². The molecule has 0 atom stereocenters. The van der Waals surface area contributed by atoms with Gasteiger partial charge in [-0.05, 0) is 37.6 Å². The normalized spacial score (nSPS) is 14.7. The topological polar surface area (TPSA) is 37.4 Å². The monoisotopic (exact) mass is 363 g/mol. The van der Waals surface area contributed by atoms with Gasteiger partial charge in [-0.1, -0.05) is 23.7 Å². The smallest absolute Gasteiger partial charge is 0.133 e. The van der Waals surface area contributed by atoms with Gasteiger partial charge >= 0.3 is 0 Å². The van der Waals surface area contributed by atoms with Gasteiger partial charge in [0.25, 0.3) is 0 Å². The van der Waals surface area contributed by atoms with E-state index in [2.05, 4.69) is 21.3 Å². The lowest BCUT2D eigenvalue weighted by atomic mass is 10.1. The molecular weight excluding hydrogens is 341 g/mol. The minimum absolute atomic E-state index is 0.227. The average Bonchev–Trinajstić information content (AvgIpc) is 2.65. The van der Waals surface area contributed by atoms with Crippen molar-refractivity contribution in [2.45, 2.75) is 19.4 Å². The summed E-state index contributed by atoms with van der Waals surface area (Å²) in [6, 6.07) is 8.88. The summed E-state index contributed by atoms with van der Waals surface area (Å²) in [4.78, 5) is 6.80. The van der Waals surface area contributed by atoms with Crippen molar-refractivity contribution in [1.82, 2.24) is 10.3 Å². The minimum Gasteiger partial charge on any atom is -0.378 e. The maximum Gasteiger partial charge on any atom is 0.133 e. The Labute approximate surface area is 153 Å². The third-order valence-corrected chi connectivity index (χ3v) is 4.69. The highest BCUT2D eigenvalue weighted by Gasteiger charge is 2.15. The van der Waals surface area contributed by atoms with Crippen LogP contribution >= 0.6 is 11.6 Å². The summed E-state index contributed by atoms with van der Waals surface area (Å²) in [5.41, 5.74) is 1.77. The van der Waals surface area contributed by atoms with Gasteiger partial charge in [-0.3, -0.25) is 0 Å². The molecule has 3 rings (SSSR count). The molecule has 0 amide bonds. The molecule has 0 aliphatic carbocycles. The highest BCUT2D eigenvalue weighted by Crippen LogP contribution is 2.21. The fourth-order valence-electron chi connectivity index (χ4n) is 3.01. The number of benzene rings is 1. The van der Waals surface area contributed by atoms with Gasteiger partial charge in [-0.25, -0.2) is 9.37 Å². The Morgan fingerprint density at radius 2 is 2.04 bits per heavy atom. The molecule has 0 saturated carbocycles. The second kappa shape index (κ2) is 9.13. The van der Waals surface area contributed by atoms with Crippen LogP contribution in [0.2, 0.25) is 5.02 Å². The van der Waals surface area contributed by atoms with Gasteiger partial charge in [0.05, 0.1) is 13.2 Å². The highest BCUT2D eigenvalue weighted by molar-refractivity contribution is 6.31. The predicted molar refractivity (Wildman–Crippen MR) is 98.7 cm³/mol. The van der Waals surface area contributed by atoms with Gasteiger partial charge in [0.15, 0.2) is 0 Å². The van der Waals surface area contributed by atoms with E-state index >= 15 is 0 Å². The number of ether oxygens (including phenoxy) is 1. The van der Waals surface area contributed by atoms with Crippen molar-refractivity contribution in [3.05, 3.63) is 58.5 Å². The van der Waals surface area contributed by atoms with E-state index in [1.807, 2.05) is 12.3 Å². The first kappa shape index (κ1) is 18.1. The average molecular weight is 364 g/mol. The number of rotatable bonds is 7. The van der Waals surface area contributed by atoms with Crippen LogP contribution in [0.5, 0.6) is 0 Å². The number of aromatic nitrogens is 1. The largest absolute Gasteiger partial charge is 0.378 e. The fraction of sp³-hybridized carbons (Fsp3) is 0.421. The zero-order valence-corrected chi connectivity index (χ0v) is 14.9. The second-order valence-corrected chi connectivity index (χ2v) is 6.47. The molecular formula is C19H23ClFN3O. The van der Waals surface area contributed by atoms with E-state index in [1.54, 1.807) is 12.1 Å². The molecule has 6 heteroatoms. The van der Waals surface area contributed by atoms with E-state index in [0.29, 0.717) is 17.0 Å². The molecule has 1 aromatic carbocycles. The zero-order valence-electron chi connectivity index (χ0n) is 14.2. The lowest BCUT2D eigenvalue weighted by molar-refractivity contribution is 0.122. The van der Waals surface area contributed by atoms with E-state index in [4.69, 9.17) is 16.3 Å². The Kier molecular flexibility index (Phi) is 6.62. The van der Waals surface area contributed by atoms with E-state index in [9.17, 15) is 4.39 Å². The first-order chi connectivity index (χ1) is 12.3. The quantitative estimate of drug-likeness (QED) is 0.765. The second-order valence-electron chi connectivity index (χ2n) is 6.07. The summed E-state index contributed by atoms with van der Waals surface area (Å²) in [5.74, 6) is 0.796. The van der Waals surface area contributed by atoms with Crippen LogP contribution in [0.25, 0.3) is 0 Å². The highest BCUT2D eigenvalue weighted by atomic mass is 35.5. The van der Waals surface area contributed by atoms with Crippen LogP contribution in [0.1, 0.15) is 17.5 Å². The Hall–Kier alpha value is -1.69. The van der Waals surface area contributed by atoms with E-state index in [-0.39, 0.29) is 5.82 Å². The van der Waals surface area contributed by atoms with Crippen molar-refractivity contribution in [2.75, 3.05) is 37.7 Å².